The molecule has 8 nitrogen and oxygen atoms in total. The Morgan fingerprint density at radius 3 is 2.68 bits per heavy atom. The van der Waals surface area contributed by atoms with Gasteiger partial charge in [-0.2, -0.15) is 0 Å². The van der Waals surface area contributed by atoms with E-state index in [2.05, 4.69) is 31.4 Å². The maximum absolute atomic E-state index is 13.1. The van der Waals surface area contributed by atoms with Gasteiger partial charge < -0.3 is 20.1 Å². The zero-order chi connectivity index (χ0) is 22.2. The van der Waals surface area contributed by atoms with E-state index >= 15 is 0 Å². The fourth-order valence-corrected chi connectivity index (χ4v) is 5.44. The number of nitrogens with zero attached hydrogens (tertiary/aromatic N) is 1. The molecule has 1 saturated carbocycles. The van der Waals surface area contributed by atoms with Gasteiger partial charge in [-0.15, -0.1) is 0 Å². The first-order chi connectivity index (χ1) is 14.7. The Labute approximate surface area is 182 Å². The van der Waals surface area contributed by atoms with Crippen LogP contribution in [0.3, 0.4) is 0 Å². The van der Waals surface area contributed by atoms with Crippen molar-refractivity contribution in [2.75, 3.05) is 26.3 Å². The molecule has 2 atom stereocenters. The van der Waals surface area contributed by atoms with Gasteiger partial charge in [-0.3, -0.25) is 14.5 Å². The van der Waals surface area contributed by atoms with E-state index in [9.17, 15) is 14.4 Å². The summed E-state index contributed by atoms with van der Waals surface area (Å²) in [5, 5.41) is 5.71. The van der Waals surface area contributed by atoms with E-state index < -0.39 is 11.6 Å². The van der Waals surface area contributed by atoms with Gasteiger partial charge in [0.1, 0.15) is 25.3 Å². The lowest BCUT2D eigenvalue weighted by Gasteiger charge is -2.43. The molecule has 4 amide bonds. The molecule has 8 heteroatoms. The van der Waals surface area contributed by atoms with E-state index in [0.717, 1.165) is 22.6 Å². The van der Waals surface area contributed by atoms with Crippen LogP contribution in [-0.4, -0.2) is 54.6 Å². The lowest BCUT2D eigenvalue weighted by molar-refractivity contribution is -0.137. The summed E-state index contributed by atoms with van der Waals surface area (Å²) in [6.45, 7) is 7.56. The molecule has 4 rings (SSSR count). The molecule has 1 saturated heterocycles. The number of hydrogen-bond acceptors (Lipinski definition) is 5. The number of ether oxygens (including phenoxy) is 2. The SMILES string of the molecule is CC1CC(C)(C)CC2(C1)NC(=O)N(CC(=O)NCCc1ccc3c(c1)OCCO3)C2=O. The van der Waals surface area contributed by atoms with Crippen LogP contribution in [0, 0.1) is 11.3 Å². The first-order valence-electron chi connectivity index (χ1n) is 11.0. The van der Waals surface area contributed by atoms with E-state index in [1.54, 1.807) is 0 Å². The summed E-state index contributed by atoms with van der Waals surface area (Å²) in [6, 6.07) is 5.24. The minimum Gasteiger partial charge on any atom is -0.486 e. The highest BCUT2D eigenvalue weighted by atomic mass is 16.6. The van der Waals surface area contributed by atoms with Crippen molar-refractivity contribution < 1.29 is 23.9 Å². The molecule has 2 aliphatic heterocycles. The van der Waals surface area contributed by atoms with Gasteiger partial charge in [0, 0.05) is 6.54 Å². The van der Waals surface area contributed by atoms with Crippen molar-refractivity contribution in [3.63, 3.8) is 0 Å². The number of rotatable bonds is 5. The second kappa shape index (κ2) is 8.05. The van der Waals surface area contributed by atoms with Crippen molar-refractivity contribution in [3.8, 4) is 11.5 Å². The molecule has 1 aliphatic carbocycles. The number of carbonyl (C=O) groups is 3. The highest BCUT2D eigenvalue weighted by Crippen LogP contribution is 2.46. The topological polar surface area (TPSA) is 97.0 Å². The van der Waals surface area contributed by atoms with Crippen LogP contribution < -0.4 is 20.1 Å². The summed E-state index contributed by atoms with van der Waals surface area (Å²) in [5.74, 6) is 1.14. The normalized spacial score (nSPS) is 26.7. The van der Waals surface area contributed by atoms with Gasteiger partial charge >= 0.3 is 6.03 Å². The molecule has 0 bridgehead atoms. The first-order valence-corrected chi connectivity index (χ1v) is 11.0. The highest BCUT2D eigenvalue weighted by Gasteiger charge is 2.56. The first kappa shape index (κ1) is 21.5. The van der Waals surface area contributed by atoms with Crippen LogP contribution in [0.25, 0.3) is 0 Å². The summed E-state index contributed by atoms with van der Waals surface area (Å²) in [6.07, 6.45) is 2.83. The number of amides is 4. The summed E-state index contributed by atoms with van der Waals surface area (Å²) >= 11 is 0. The predicted octanol–water partition coefficient (Wildman–Crippen LogP) is 2.25. The van der Waals surface area contributed by atoms with Gasteiger partial charge in [-0.25, -0.2) is 4.79 Å². The average Bonchev–Trinajstić information content (AvgIpc) is 2.89. The number of benzene rings is 1. The number of urea groups is 1. The van der Waals surface area contributed by atoms with E-state index in [1.165, 1.54) is 0 Å². The third-order valence-corrected chi connectivity index (χ3v) is 6.27. The highest BCUT2D eigenvalue weighted by molar-refractivity contribution is 6.09. The second-order valence-corrected chi connectivity index (χ2v) is 9.84. The van der Waals surface area contributed by atoms with E-state index in [4.69, 9.17) is 9.47 Å². The number of hydrogen-bond donors (Lipinski definition) is 2. The Hall–Kier alpha value is -2.77. The van der Waals surface area contributed by atoms with Crippen molar-refractivity contribution in [1.82, 2.24) is 15.5 Å². The Bertz CT molecular complexity index is 899. The van der Waals surface area contributed by atoms with Crippen LogP contribution >= 0.6 is 0 Å². The minimum atomic E-state index is -0.885. The molecule has 1 spiro atoms. The van der Waals surface area contributed by atoms with Crippen molar-refractivity contribution in [2.45, 2.75) is 52.0 Å². The molecule has 0 aromatic heterocycles. The van der Waals surface area contributed by atoms with Crippen LogP contribution in [-0.2, 0) is 16.0 Å². The summed E-state index contributed by atoms with van der Waals surface area (Å²) in [7, 11) is 0. The standard InChI is InChI=1S/C23H31N3O5/c1-15-11-22(2,3)14-23(12-15)20(28)26(21(29)25-23)13-19(27)24-7-6-16-4-5-17-18(10-16)31-9-8-30-17/h4-5,10,15H,6-9,11-14H2,1-3H3,(H,24,27)(H,25,29). The molecule has 2 N–H and O–H groups in total. The summed E-state index contributed by atoms with van der Waals surface area (Å²) < 4.78 is 11.1. The number of nitrogens with one attached hydrogen (secondary N) is 2. The molecule has 168 valence electrons. The second-order valence-electron chi connectivity index (χ2n) is 9.84. The van der Waals surface area contributed by atoms with E-state index in [-0.39, 0.29) is 23.8 Å². The molecule has 2 heterocycles. The zero-order valence-corrected chi connectivity index (χ0v) is 18.5. The fraction of sp³-hybridized carbons (Fsp3) is 0.609. The molecule has 0 radical (unpaired) electrons. The number of imide groups is 1. The van der Waals surface area contributed by atoms with Gasteiger partial charge in [0.2, 0.25) is 5.91 Å². The number of carbonyl (C=O) groups excluding carboxylic acids is 3. The summed E-state index contributed by atoms with van der Waals surface area (Å²) in [4.78, 5) is 39.2. The molecular formula is C23H31N3O5. The van der Waals surface area contributed by atoms with E-state index in [1.807, 2.05) is 18.2 Å². The van der Waals surface area contributed by atoms with Crippen LogP contribution in [0.15, 0.2) is 18.2 Å². The van der Waals surface area contributed by atoms with Crippen molar-refractivity contribution in [2.24, 2.45) is 11.3 Å². The molecule has 1 aromatic carbocycles. The van der Waals surface area contributed by atoms with Gasteiger partial charge in [-0.1, -0.05) is 26.8 Å². The molecule has 2 fully saturated rings. The predicted molar refractivity (Wildman–Crippen MR) is 114 cm³/mol. The van der Waals surface area contributed by atoms with Gasteiger partial charge in [0.25, 0.3) is 5.91 Å². The van der Waals surface area contributed by atoms with Crippen molar-refractivity contribution in [1.29, 1.82) is 0 Å². The third kappa shape index (κ3) is 4.48. The van der Waals surface area contributed by atoms with Crippen LogP contribution in [0.2, 0.25) is 0 Å². The third-order valence-electron chi connectivity index (χ3n) is 6.27. The quantitative estimate of drug-likeness (QED) is 0.700. The monoisotopic (exact) mass is 429 g/mol. The minimum absolute atomic E-state index is 0.0392. The lowest BCUT2D eigenvalue weighted by Crippen LogP contribution is -2.54. The molecule has 3 aliphatic rings. The summed E-state index contributed by atoms with van der Waals surface area (Å²) in [5.41, 5.74) is 0.0867. The zero-order valence-electron chi connectivity index (χ0n) is 18.5. The van der Waals surface area contributed by atoms with E-state index in [0.29, 0.717) is 50.7 Å². The molecule has 1 aromatic rings. The van der Waals surface area contributed by atoms with Crippen LogP contribution in [0.5, 0.6) is 11.5 Å². The molecule has 2 unspecified atom stereocenters. The van der Waals surface area contributed by atoms with Gasteiger partial charge in [0.15, 0.2) is 11.5 Å². The lowest BCUT2D eigenvalue weighted by atomic mass is 9.64. The number of fused-ring (bicyclic) bond motifs is 1. The average molecular weight is 430 g/mol. The van der Waals surface area contributed by atoms with Crippen molar-refractivity contribution in [3.05, 3.63) is 23.8 Å². The Morgan fingerprint density at radius 2 is 1.94 bits per heavy atom. The maximum atomic E-state index is 13.1. The molecule has 31 heavy (non-hydrogen) atoms. The van der Waals surface area contributed by atoms with Gasteiger partial charge in [-0.05, 0) is 54.7 Å². The Kier molecular flexibility index (Phi) is 5.58. The Morgan fingerprint density at radius 1 is 1.19 bits per heavy atom. The van der Waals surface area contributed by atoms with Crippen LogP contribution in [0.4, 0.5) is 4.79 Å². The van der Waals surface area contributed by atoms with Crippen molar-refractivity contribution >= 4 is 17.8 Å². The Balaban J connectivity index is 1.31. The van der Waals surface area contributed by atoms with Gasteiger partial charge in [0.05, 0.1) is 0 Å². The van der Waals surface area contributed by atoms with Crippen LogP contribution in [0.1, 0.15) is 45.6 Å². The maximum Gasteiger partial charge on any atom is 0.325 e. The largest absolute Gasteiger partial charge is 0.486 e. The fourth-order valence-electron chi connectivity index (χ4n) is 5.44. The smallest absolute Gasteiger partial charge is 0.325 e. The molecular weight excluding hydrogens is 398 g/mol.